The van der Waals surface area contributed by atoms with Crippen molar-refractivity contribution in [2.45, 2.75) is 6.54 Å². The van der Waals surface area contributed by atoms with Crippen LogP contribution in [-0.2, 0) is 6.54 Å². The summed E-state index contributed by atoms with van der Waals surface area (Å²) < 4.78 is 0. The molecule has 0 radical (unpaired) electrons. The van der Waals surface area contributed by atoms with Gasteiger partial charge in [-0.1, -0.05) is 5.92 Å². The molecule has 0 saturated heterocycles. The number of rotatable bonds is 3. The number of nitrogens with two attached hydrogens (primary N) is 1. The Bertz CT molecular complexity index is 288. The summed E-state index contributed by atoms with van der Waals surface area (Å²) in [4.78, 5) is 4.06. The van der Waals surface area contributed by atoms with E-state index in [0.717, 1.165) is 11.4 Å². The number of hydrogen-bond acceptors (Lipinski definition) is 3. The van der Waals surface area contributed by atoms with Crippen LogP contribution in [0.4, 0.5) is 5.82 Å². The summed E-state index contributed by atoms with van der Waals surface area (Å²) in [6, 6.07) is 3.76. The summed E-state index contributed by atoms with van der Waals surface area (Å²) in [5.41, 5.74) is 6.50. The topological polar surface area (TPSA) is 50.9 Å². The molecule has 0 aromatic carbocycles. The molecule has 1 aromatic heterocycles. The summed E-state index contributed by atoms with van der Waals surface area (Å²) in [7, 11) is 0. The Hall–Kier alpha value is -1.53. The SMILES string of the molecule is C#CCNc1cc(CN)ccn1. The summed E-state index contributed by atoms with van der Waals surface area (Å²) in [5, 5.41) is 2.97. The second-order valence-electron chi connectivity index (χ2n) is 2.31. The first-order valence-corrected chi connectivity index (χ1v) is 3.69. The van der Waals surface area contributed by atoms with Gasteiger partial charge >= 0.3 is 0 Å². The molecule has 0 aliphatic carbocycles. The molecule has 0 atom stereocenters. The van der Waals surface area contributed by atoms with E-state index in [1.165, 1.54) is 0 Å². The summed E-state index contributed by atoms with van der Waals surface area (Å²) in [6.45, 7) is 1.01. The smallest absolute Gasteiger partial charge is 0.126 e. The number of anilines is 1. The molecule has 0 spiro atoms. The van der Waals surface area contributed by atoms with Gasteiger partial charge in [-0.3, -0.25) is 0 Å². The van der Waals surface area contributed by atoms with Gasteiger partial charge < -0.3 is 11.1 Å². The highest BCUT2D eigenvalue weighted by atomic mass is 15.0. The number of pyridine rings is 1. The maximum absolute atomic E-state index is 5.45. The zero-order valence-electron chi connectivity index (χ0n) is 6.75. The van der Waals surface area contributed by atoms with Gasteiger partial charge in [-0.2, -0.15) is 0 Å². The lowest BCUT2D eigenvalue weighted by molar-refractivity contribution is 1.06. The molecule has 0 aliphatic heterocycles. The zero-order valence-corrected chi connectivity index (χ0v) is 6.75. The summed E-state index contributed by atoms with van der Waals surface area (Å²) >= 11 is 0. The molecule has 1 aromatic rings. The van der Waals surface area contributed by atoms with E-state index >= 15 is 0 Å². The lowest BCUT2D eigenvalue weighted by Crippen LogP contribution is -2.02. The van der Waals surface area contributed by atoms with E-state index in [2.05, 4.69) is 16.2 Å². The average molecular weight is 161 g/mol. The first kappa shape index (κ1) is 8.57. The lowest BCUT2D eigenvalue weighted by Gasteiger charge is -2.02. The monoisotopic (exact) mass is 161 g/mol. The number of aromatic nitrogens is 1. The predicted octanol–water partition coefficient (Wildman–Crippen LogP) is 0.585. The van der Waals surface area contributed by atoms with E-state index in [-0.39, 0.29) is 0 Å². The van der Waals surface area contributed by atoms with Gasteiger partial charge in [0.15, 0.2) is 0 Å². The second-order valence-corrected chi connectivity index (χ2v) is 2.31. The van der Waals surface area contributed by atoms with Crippen molar-refractivity contribution in [3.63, 3.8) is 0 Å². The van der Waals surface area contributed by atoms with E-state index in [1.807, 2.05) is 12.1 Å². The average Bonchev–Trinajstić information content (AvgIpc) is 2.15. The van der Waals surface area contributed by atoms with Gasteiger partial charge in [0.2, 0.25) is 0 Å². The molecule has 0 fully saturated rings. The van der Waals surface area contributed by atoms with E-state index in [1.54, 1.807) is 6.20 Å². The quantitative estimate of drug-likeness (QED) is 0.638. The normalized spacial score (nSPS) is 9.00. The lowest BCUT2D eigenvalue weighted by atomic mass is 10.2. The largest absolute Gasteiger partial charge is 0.359 e. The Labute approximate surface area is 72.0 Å². The highest BCUT2D eigenvalue weighted by Crippen LogP contribution is 2.04. The Kier molecular flexibility index (Phi) is 3.12. The number of terminal acetylenes is 1. The minimum atomic E-state index is 0.487. The van der Waals surface area contributed by atoms with Gasteiger partial charge in [0.05, 0.1) is 6.54 Å². The Morgan fingerprint density at radius 1 is 1.67 bits per heavy atom. The van der Waals surface area contributed by atoms with Crippen molar-refractivity contribution >= 4 is 5.82 Å². The first-order valence-electron chi connectivity index (χ1n) is 3.69. The molecule has 12 heavy (non-hydrogen) atoms. The van der Waals surface area contributed by atoms with E-state index in [9.17, 15) is 0 Å². The molecule has 3 nitrogen and oxygen atoms in total. The molecule has 0 aliphatic rings. The molecule has 1 rings (SSSR count). The minimum Gasteiger partial charge on any atom is -0.359 e. The highest BCUT2D eigenvalue weighted by Gasteiger charge is 1.92. The fourth-order valence-corrected chi connectivity index (χ4v) is 0.840. The molecule has 0 unspecified atom stereocenters. The summed E-state index contributed by atoms with van der Waals surface area (Å²) in [5.74, 6) is 3.25. The van der Waals surface area contributed by atoms with Crippen LogP contribution in [0.1, 0.15) is 5.56 Å². The van der Waals surface area contributed by atoms with Gasteiger partial charge in [0, 0.05) is 12.7 Å². The third-order valence-electron chi connectivity index (χ3n) is 1.43. The molecule has 0 amide bonds. The summed E-state index contributed by atoms with van der Waals surface area (Å²) in [6.07, 6.45) is 6.79. The second kappa shape index (κ2) is 4.37. The van der Waals surface area contributed by atoms with Crippen LogP contribution in [0.3, 0.4) is 0 Å². The number of nitrogens with zero attached hydrogens (tertiary/aromatic N) is 1. The van der Waals surface area contributed by atoms with Crippen molar-refractivity contribution in [1.82, 2.24) is 4.98 Å². The van der Waals surface area contributed by atoms with Crippen LogP contribution in [0, 0.1) is 12.3 Å². The molecular formula is C9H11N3. The maximum atomic E-state index is 5.45. The highest BCUT2D eigenvalue weighted by molar-refractivity contribution is 5.38. The van der Waals surface area contributed by atoms with E-state index < -0.39 is 0 Å². The van der Waals surface area contributed by atoms with Crippen LogP contribution >= 0.6 is 0 Å². The van der Waals surface area contributed by atoms with Gasteiger partial charge in [-0.15, -0.1) is 6.42 Å². The molecule has 0 saturated carbocycles. The fraction of sp³-hybridized carbons (Fsp3) is 0.222. The van der Waals surface area contributed by atoms with Crippen molar-refractivity contribution in [2.75, 3.05) is 11.9 Å². The molecule has 3 heteroatoms. The van der Waals surface area contributed by atoms with Gasteiger partial charge in [0.25, 0.3) is 0 Å². The molecule has 62 valence electrons. The Morgan fingerprint density at radius 2 is 2.50 bits per heavy atom. The number of hydrogen-bond donors (Lipinski definition) is 2. The number of nitrogens with one attached hydrogen (secondary N) is 1. The van der Waals surface area contributed by atoms with Crippen molar-refractivity contribution < 1.29 is 0 Å². The molecule has 3 N–H and O–H groups in total. The van der Waals surface area contributed by atoms with E-state index in [4.69, 9.17) is 12.2 Å². The zero-order chi connectivity index (χ0) is 8.81. The third kappa shape index (κ3) is 2.26. The van der Waals surface area contributed by atoms with Crippen LogP contribution in [-0.4, -0.2) is 11.5 Å². The van der Waals surface area contributed by atoms with Crippen molar-refractivity contribution in [2.24, 2.45) is 5.73 Å². The first-order chi connectivity index (χ1) is 5.86. The van der Waals surface area contributed by atoms with E-state index in [0.29, 0.717) is 13.1 Å². The molecule has 0 bridgehead atoms. The fourth-order valence-electron chi connectivity index (χ4n) is 0.840. The van der Waals surface area contributed by atoms with Gasteiger partial charge in [-0.25, -0.2) is 4.98 Å². The minimum absolute atomic E-state index is 0.487. The van der Waals surface area contributed by atoms with Crippen molar-refractivity contribution in [3.05, 3.63) is 23.9 Å². The third-order valence-corrected chi connectivity index (χ3v) is 1.43. The molecule has 1 heterocycles. The van der Waals surface area contributed by atoms with Crippen LogP contribution in [0.2, 0.25) is 0 Å². The van der Waals surface area contributed by atoms with Gasteiger partial charge in [-0.05, 0) is 17.7 Å². The van der Waals surface area contributed by atoms with Crippen molar-refractivity contribution in [3.8, 4) is 12.3 Å². The van der Waals surface area contributed by atoms with Gasteiger partial charge in [0.1, 0.15) is 5.82 Å². The van der Waals surface area contributed by atoms with Crippen LogP contribution in [0.25, 0.3) is 0 Å². The maximum Gasteiger partial charge on any atom is 0.126 e. The Morgan fingerprint density at radius 3 is 3.17 bits per heavy atom. The van der Waals surface area contributed by atoms with Crippen molar-refractivity contribution in [1.29, 1.82) is 0 Å². The van der Waals surface area contributed by atoms with Crippen LogP contribution in [0.5, 0.6) is 0 Å². The predicted molar refractivity (Wildman–Crippen MR) is 49.5 cm³/mol. The van der Waals surface area contributed by atoms with Crippen LogP contribution < -0.4 is 11.1 Å². The molecular weight excluding hydrogens is 150 g/mol. The standard InChI is InChI=1S/C9H11N3/c1-2-4-11-9-6-8(7-10)3-5-12-9/h1,3,5-6H,4,7,10H2,(H,11,12). The Balaban J connectivity index is 2.67. The van der Waals surface area contributed by atoms with Crippen LogP contribution in [0.15, 0.2) is 18.3 Å².